The molecule has 0 unspecified atom stereocenters. The van der Waals surface area contributed by atoms with E-state index >= 15 is 0 Å². The van der Waals surface area contributed by atoms with Crippen molar-refractivity contribution in [1.82, 2.24) is 9.62 Å². The number of nitrogens with one attached hydrogen (secondary N) is 1. The van der Waals surface area contributed by atoms with E-state index in [2.05, 4.69) is 40.8 Å². The third-order valence-corrected chi connectivity index (χ3v) is 6.49. The van der Waals surface area contributed by atoms with E-state index in [1.165, 1.54) is 11.1 Å². The maximum Gasteiger partial charge on any atom is 0.212 e. The Bertz CT molecular complexity index is 593. The van der Waals surface area contributed by atoms with E-state index in [0.29, 0.717) is 0 Å². The lowest BCUT2D eigenvalue weighted by molar-refractivity contribution is 0.199. The molecule has 0 spiro atoms. The van der Waals surface area contributed by atoms with Crippen LogP contribution in [0.4, 0.5) is 0 Å². The maximum absolute atomic E-state index is 12.2. The summed E-state index contributed by atoms with van der Waals surface area (Å²) in [7, 11) is -3.14. The average molecular weight is 339 g/mol. The van der Waals surface area contributed by atoms with Gasteiger partial charge in [0.2, 0.25) is 10.0 Å². The fourth-order valence-corrected chi connectivity index (χ4v) is 4.86. The van der Waals surface area contributed by atoms with E-state index in [0.717, 1.165) is 38.9 Å². The van der Waals surface area contributed by atoms with Gasteiger partial charge in [-0.05, 0) is 36.8 Å². The molecule has 2 rings (SSSR count). The van der Waals surface area contributed by atoms with Crippen molar-refractivity contribution in [2.75, 3.05) is 18.8 Å². The molecule has 1 fully saturated rings. The summed E-state index contributed by atoms with van der Waals surface area (Å²) in [4.78, 5) is 2.42. The molecule has 1 saturated heterocycles. The zero-order valence-electron chi connectivity index (χ0n) is 14.6. The highest BCUT2D eigenvalue weighted by Gasteiger charge is 2.24. The quantitative estimate of drug-likeness (QED) is 0.831. The van der Waals surface area contributed by atoms with Crippen molar-refractivity contribution < 1.29 is 8.42 Å². The second-order valence-electron chi connectivity index (χ2n) is 6.89. The van der Waals surface area contributed by atoms with Gasteiger partial charge in [0.15, 0.2) is 0 Å². The van der Waals surface area contributed by atoms with Crippen molar-refractivity contribution >= 4 is 10.0 Å². The lowest BCUT2D eigenvalue weighted by Gasteiger charge is -2.32. The van der Waals surface area contributed by atoms with Gasteiger partial charge in [-0.25, -0.2) is 13.1 Å². The van der Waals surface area contributed by atoms with Crippen molar-refractivity contribution in [2.45, 2.75) is 52.6 Å². The zero-order valence-corrected chi connectivity index (χ0v) is 15.4. The monoisotopic (exact) mass is 338 g/mol. The second kappa shape index (κ2) is 8.27. The third-order valence-electron chi connectivity index (χ3n) is 4.79. The fourth-order valence-electron chi connectivity index (χ4n) is 3.03. The third kappa shape index (κ3) is 5.90. The Morgan fingerprint density at radius 3 is 2.52 bits per heavy atom. The molecule has 1 atom stereocenters. The van der Waals surface area contributed by atoms with Gasteiger partial charge in [0.1, 0.15) is 0 Å². The van der Waals surface area contributed by atoms with Gasteiger partial charge < -0.3 is 0 Å². The van der Waals surface area contributed by atoms with Crippen LogP contribution in [0.25, 0.3) is 0 Å². The molecule has 1 aliphatic heterocycles. The number of likely N-dealkylation sites (tertiary alicyclic amines) is 1. The molecular weight excluding hydrogens is 308 g/mol. The number of sulfonamides is 1. The first-order valence-corrected chi connectivity index (χ1v) is 10.3. The highest BCUT2D eigenvalue weighted by Crippen LogP contribution is 2.17. The van der Waals surface area contributed by atoms with Crippen LogP contribution in [-0.4, -0.2) is 38.2 Å². The SMILES string of the molecule is CC[C@@H](C)CS(=O)(=O)NC1CCN(Cc2ccccc2C)CC1. The van der Waals surface area contributed by atoms with Crippen LogP contribution < -0.4 is 4.72 Å². The van der Waals surface area contributed by atoms with Crippen molar-refractivity contribution in [3.63, 3.8) is 0 Å². The molecule has 0 aromatic heterocycles. The summed E-state index contributed by atoms with van der Waals surface area (Å²) in [5.41, 5.74) is 2.69. The molecule has 1 heterocycles. The number of hydrogen-bond donors (Lipinski definition) is 1. The molecule has 0 amide bonds. The van der Waals surface area contributed by atoms with Gasteiger partial charge in [0, 0.05) is 25.7 Å². The first kappa shape index (κ1) is 18.4. The fraction of sp³-hybridized carbons (Fsp3) is 0.667. The Morgan fingerprint density at radius 1 is 1.26 bits per heavy atom. The number of rotatable bonds is 7. The first-order valence-electron chi connectivity index (χ1n) is 8.66. The largest absolute Gasteiger partial charge is 0.299 e. The summed E-state index contributed by atoms with van der Waals surface area (Å²) in [6, 6.07) is 8.56. The van der Waals surface area contributed by atoms with E-state index < -0.39 is 10.0 Å². The van der Waals surface area contributed by atoms with Gasteiger partial charge in [-0.1, -0.05) is 44.5 Å². The molecule has 0 aliphatic carbocycles. The van der Waals surface area contributed by atoms with E-state index in [1.54, 1.807) is 0 Å². The smallest absolute Gasteiger partial charge is 0.212 e. The lowest BCUT2D eigenvalue weighted by atomic mass is 10.0. The molecular formula is C18H30N2O2S. The van der Waals surface area contributed by atoms with E-state index in [1.807, 2.05) is 13.8 Å². The molecule has 0 saturated carbocycles. The topological polar surface area (TPSA) is 49.4 Å². The molecule has 0 bridgehead atoms. The molecule has 23 heavy (non-hydrogen) atoms. The summed E-state index contributed by atoms with van der Waals surface area (Å²) in [5.74, 6) is 0.459. The predicted octanol–water partition coefficient (Wildman–Crippen LogP) is 2.92. The van der Waals surface area contributed by atoms with Gasteiger partial charge in [-0.2, -0.15) is 0 Å². The summed E-state index contributed by atoms with van der Waals surface area (Å²) in [5, 5.41) is 0. The summed E-state index contributed by atoms with van der Waals surface area (Å²) in [6.45, 7) is 9.02. The van der Waals surface area contributed by atoms with Crippen molar-refractivity contribution in [2.24, 2.45) is 5.92 Å². The summed E-state index contributed by atoms with van der Waals surface area (Å²) in [6.07, 6.45) is 2.69. The van der Waals surface area contributed by atoms with Crippen LogP contribution in [-0.2, 0) is 16.6 Å². The highest BCUT2D eigenvalue weighted by atomic mass is 32.2. The Morgan fingerprint density at radius 2 is 1.91 bits per heavy atom. The zero-order chi connectivity index (χ0) is 16.9. The van der Waals surface area contributed by atoms with Gasteiger partial charge in [0.25, 0.3) is 0 Å². The minimum absolute atomic E-state index is 0.0946. The first-order chi connectivity index (χ1) is 10.9. The van der Waals surface area contributed by atoms with Gasteiger partial charge in [-0.15, -0.1) is 0 Å². The minimum atomic E-state index is -3.14. The Hall–Kier alpha value is -0.910. The Kier molecular flexibility index (Phi) is 6.62. The van der Waals surface area contributed by atoms with Crippen LogP contribution in [0, 0.1) is 12.8 Å². The van der Waals surface area contributed by atoms with Crippen LogP contribution in [0.15, 0.2) is 24.3 Å². The van der Waals surface area contributed by atoms with Gasteiger partial charge in [-0.3, -0.25) is 4.90 Å². The van der Waals surface area contributed by atoms with Crippen molar-refractivity contribution in [3.8, 4) is 0 Å². The van der Waals surface area contributed by atoms with Crippen LogP contribution >= 0.6 is 0 Å². The lowest BCUT2D eigenvalue weighted by Crippen LogP contribution is -2.45. The van der Waals surface area contributed by atoms with Crippen molar-refractivity contribution in [1.29, 1.82) is 0 Å². The standard InChI is InChI=1S/C18H30N2O2S/c1-4-15(2)14-23(21,22)19-18-9-11-20(12-10-18)13-17-8-6-5-7-16(17)3/h5-8,15,18-19H,4,9-14H2,1-3H3/t15-/m1/s1. The molecule has 130 valence electrons. The number of benzene rings is 1. The predicted molar refractivity (Wildman–Crippen MR) is 95.9 cm³/mol. The van der Waals surface area contributed by atoms with Crippen LogP contribution in [0.1, 0.15) is 44.2 Å². The van der Waals surface area contributed by atoms with Gasteiger partial charge in [0.05, 0.1) is 5.75 Å². The van der Waals surface area contributed by atoms with E-state index in [4.69, 9.17) is 0 Å². The molecule has 1 aromatic carbocycles. The molecule has 4 nitrogen and oxygen atoms in total. The Labute approximate surface area is 141 Å². The van der Waals surface area contributed by atoms with Crippen molar-refractivity contribution in [3.05, 3.63) is 35.4 Å². The Balaban J connectivity index is 1.81. The van der Waals surface area contributed by atoms with Crippen LogP contribution in [0.5, 0.6) is 0 Å². The molecule has 1 aromatic rings. The maximum atomic E-state index is 12.2. The van der Waals surface area contributed by atoms with Crippen LogP contribution in [0.3, 0.4) is 0 Å². The molecule has 1 aliphatic rings. The number of nitrogens with zero attached hydrogens (tertiary/aromatic N) is 1. The normalized spacial score (nSPS) is 18.9. The highest BCUT2D eigenvalue weighted by molar-refractivity contribution is 7.89. The minimum Gasteiger partial charge on any atom is -0.299 e. The average Bonchev–Trinajstić information content (AvgIpc) is 2.50. The van der Waals surface area contributed by atoms with Gasteiger partial charge >= 0.3 is 0 Å². The molecule has 5 heteroatoms. The van der Waals surface area contributed by atoms with E-state index in [-0.39, 0.29) is 17.7 Å². The number of piperidine rings is 1. The van der Waals surface area contributed by atoms with E-state index in [9.17, 15) is 8.42 Å². The van der Waals surface area contributed by atoms with Crippen LogP contribution in [0.2, 0.25) is 0 Å². The second-order valence-corrected chi connectivity index (χ2v) is 8.69. The number of aryl methyl sites for hydroxylation is 1. The molecule has 0 radical (unpaired) electrons. The summed E-state index contributed by atoms with van der Waals surface area (Å²) >= 11 is 0. The molecule has 1 N–H and O–H groups in total. The number of hydrogen-bond acceptors (Lipinski definition) is 3. The summed E-state index contributed by atoms with van der Waals surface area (Å²) < 4.78 is 27.2.